The maximum atomic E-state index is 3.51. The lowest BCUT2D eigenvalue weighted by Crippen LogP contribution is -2.29. The van der Waals surface area contributed by atoms with Crippen molar-refractivity contribution in [2.24, 2.45) is 0 Å². The van der Waals surface area contributed by atoms with Gasteiger partial charge in [-0.15, -0.1) is 0 Å². The minimum absolute atomic E-state index is 0.706. The molecular weight excluding hydrogens is 208 g/mol. The fourth-order valence-electron chi connectivity index (χ4n) is 2.85. The summed E-state index contributed by atoms with van der Waals surface area (Å²) in [6.07, 6.45) is 7.09. The molecule has 0 radical (unpaired) electrons. The van der Waals surface area contributed by atoms with Gasteiger partial charge in [-0.1, -0.05) is 30.4 Å². The highest BCUT2D eigenvalue weighted by Gasteiger charge is 2.21. The molecule has 90 valence electrons. The topological polar surface area (TPSA) is 15.3 Å². The molecule has 2 heterocycles. The van der Waals surface area contributed by atoms with Gasteiger partial charge in [0, 0.05) is 31.2 Å². The van der Waals surface area contributed by atoms with Crippen LogP contribution in [-0.2, 0) is 0 Å². The number of nitrogens with one attached hydrogen (secondary N) is 1. The van der Waals surface area contributed by atoms with Gasteiger partial charge in [0.15, 0.2) is 0 Å². The Morgan fingerprint density at radius 2 is 2.18 bits per heavy atom. The highest BCUT2D eigenvalue weighted by Crippen LogP contribution is 2.33. The largest absolute Gasteiger partial charge is 0.384 e. The highest BCUT2D eigenvalue weighted by molar-refractivity contribution is 5.57. The van der Waals surface area contributed by atoms with Gasteiger partial charge in [-0.25, -0.2) is 0 Å². The van der Waals surface area contributed by atoms with Gasteiger partial charge >= 0.3 is 0 Å². The van der Waals surface area contributed by atoms with Gasteiger partial charge in [0.1, 0.15) is 0 Å². The van der Waals surface area contributed by atoms with Gasteiger partial charge in [-0.05, 0) is 31.0 Å². The number of rotatable bonds is 3. The third kappa shape index (κ3) is 2.37. The second-order valence-electron chi connectivity index (χ2n) is 5.01. The zero-order valence-corrected chi connectivity index (χ0v) is 10.2. The van der Waals surface area contributed by atoms with Crippen LogP contribution in [0.15, 0.2) is 36.4 Å². The summed E-state index contributed by atoms with van der Waals surface area (Å²) in [5.41, 5.74) is 2.86. The normalized spacial score (nSPS) is 23.4. The van der Waals surface area contributed by atoms with Crippen molar-refractivity contribution < 1.29 is 0 Å². The van der Waals surface area contributed by atoms with Gasteiger partial charge in [-0.3, -0.25) is 4.90 Å². The minimum Gasteiger partial charge on any atom is -0.384 e. The molecule has 0 bridgehead atoms. The maximum Gasteiger partial charge on any atom is 0.0376 e. The van der Waals surface area contributed by atoms with Crippen LogP contribution in [0, 0.1) is 0 Å². The van der Waals surface area contributed by atoms with Crippen molar-refractivity contribution in [2.45, 2.75) is 18.8 Å². The third-order valence-corrected chi connectivity index (χ3v) is 3.88. The Hall–Kier alpha value is -1.28. The molecule has 2 heteroatoms. The molecule has 1 aromatic carbocycles. The number of hydrogen-bond donors (Lipinski definition) is 1. The summed E-state index contributed by atoms with van der Waals surface area (Å²) >= 11 is 0. The molecule has 0 aliphatic carbocycles. The van der Waals surface area contributed by atoms with Gasteiger partial charge in [0.05, 0.1) is 0 Å². The van der Waals surface area contributed by atoms with Crippen LogP contribution in [0.5, 0.6) is 0 Å². The molecule has 1 N–H and O–H groups in total. The van der Waals surface area contributed by atoms with E-state index in [0.717, 1.165) is 13.1 Å². The molecule has 0 aromatic heterocycles. The fraction of sp³-hybridized carbons (Fsp3) is 0.467. The van der Waals surface area contributed by atoms with Crippen molar-refractivity contribution in [3.8, 4) is 0 Å². The molecule has 2 aliphatic heterocycles. The van der Waals surface area contributed by atoms with E-state index in [-0.39, 0.29) is 0 Å². The van der Waals surface area contributed by atoms with Gasteiger partial charge < -0.3 is 5.32 Å². The average molecular weight is 228 g/mol. The van der Waals surface area contributed by atoms with E-state index in [0.29, 0.717) is 5.92 Å². The monoisotopic (exact) mass is 228 g/mol. The zero-order chi connectivity index (χ0) is 11.5. The molecule has 0 saturated carbocycles. The predicted octanol–water partition coefficient (Wildman–Crippen LogP) is 2.85. The quantitative estimate of drug-likeness (QED) is 0.800. The molecule has 2 aliphatic rings. The van der Waals surface area contributed by atoms with Crippen LogP contribution in [0.2, 0.25) is 0 Å². The SMILES string of the molecule is C1=CCN(CCC2CNc3ccccc32)CC1. The van der Waals surface area contributed by atoms with Crippen LogP contribution in [0.3, 0.4) is 0 Å². The van der Waals surface area contributed by atoms with E-state index in [1.165, 1.54) is 37.2 Å². The summed E-state index contributed by atoms with van der Waals surface area (Å²) < 4.78 is 0. The van der Waals surface area contributed by atoms with Gasteiger partial charge in [0.2, 0.25) is 0 Å². The molecule has 2 nitrogen and oxygen atoms in total. The molecular formula is C15H20N2. The maximum absolute atomic E-state index is 3.51. The Kier molecular flexibility index (Phi) is 3.14. The summed E-state index contributed by atoms with van der Waals surface area (Å²) in [5, 5.41) is 3.51. The highest BCUT2D eigenvalue weighted by atomic mass is 15.1. The number of fused-ring (bicyclic) bond motifs is 1. The van der Waals surface area contributed by atoms with E-state index < -0.39 is 0 Å². The minimum atomic E-state index is 0.706. The standard InChI is InChI=1S/C15H20N2/c1-4-9-17(10-5-1)11-8-13-12-16-15-7-3-2-6-14(13)15/h1-4,6-7,13,16H,5,8-12H2. The Morgan fingerprint density at radius 3 is 3.06 bits per heavy atom. The lowest BCUT2D eigenvalue weighted by atomic mass is 9.97. The molecule has 3 rings (SSSR count). The third-order valence-electron chi connectivity index (χ3n) is 3.88. The van der Waals surface area contributed by atoms with Crippen LogP contribution < -0.4 is 5.32 Å². The first-order valence-corrected chi connectivity index (χ1v) is 6.63. The van der Waals surface area contributed by atoms with E-state index in [1.54, 1.807) is 0 Å². The summed E-state index contributed by atoms with van der Waals surface area (Å²) in [4.78, 5) is 2.56. The van der Waals surface area contributed by atoms with Crippen LogP contribution in [0.1, 0.15) is 24.3 Å². The van der Waals surface area contributed by atoms with Crippen molar-refractivity contribution in [1.29, 1.82) is 0 Å². The van der Waals surface area contributed by atoms with Crippen molar-refractivity contribution in [3.05, 3.63) is 42.0 Å². The number of anilines is 1. The number of para-hydroxylation sites is 1. The summed E-state index contributed by atoms with van der Waals surface area (Å²) in [6, 6.07) is 8.74. The van der Waals surface area contributed by atoms with Crippen LogP contribution in [-0.4, -0.2) is 31.1 Å². The molecule has 1 aromatic rings. The van der Waals surface area contributed by atoms with Gasteiger partial charge in [0.25, 0.3) is 0 Å². The Morgan fingerprint density at radius 1 is 1.24 bits per heavy atom. The molecule has 17 heavy (non-hydrogen) atoms. The molecule has 0 spiro atoms. The van der Waals surface area contributed by atoms with Crippen molar-refractivity contribution in [1.82, 2.24) is 4.90 Å². The second kappa shape index (κ2) is 4.92. The predicted molar refractivity (Wildman–Crippen MR) is 72.5 cm³/mol. The van der Waals surface area contributed by atoms with Gasteiger partial charge in [-0.2, -0.15) is 0 Å². The van der Waals surface area contributed by atoms with Crippen molar-refractivity contribution in [3.63, 3.8) is 0 Å². The molecule has 1 unspecified atom stereocenters. The first-order valence-electron chi connectivity index (χ1n) is 6.63. The molecule has 1 atom stereocenters. The van der Waals surface area contributed by atoms with Crippen LogP contribution in [0.25, 0.3) is 0 Å². The number of nitrogens with zero attached hydrogens (tertiary/aromatic N) is 1. The summed E-state index contributed by atoms with van der Waals surface area (Å²) in [5.74, 6) is 0.706. The number of hydrogen-bond acceptors (Lipinski definition) is 2. The van der Waals surface area contributed by atoms with E-state index in [2.05, 4.69) is 46.6 Å². The van der Waals surface area contributed by atoms with Crippen LogP contribution >= 0.6 is 0 Å². The van der Waals surface area contributed by atoms with Crippen molar-refractivity contribution >= 4 is 5.69 Å². The van der Waals surface area contributed by atoms with Crippen molar-refractivity contribution in [2.75, 3.05) is 31.5 Å². The lowest BCUT2D eigenvalue weighted by molar-refractivity contribution is 0.288. The first kappa shape index (κ1) is 10.8. The second-order valence-corrected chi connectivity index (χ2v) is 5.01. The Labute approximate surface area is 103 Å². The Balaban J connectivity index is 1.58. The summed E-state index contributed by atoms with van der Waals surface area (Å²) in [6.45, 7) is 4.72. The molecule has 0 fully saturated rings. The fourth-order valence-corrected chi connectivity index (χ4v) is 2.85. The van der Waals surface area contributed by atoms with E-state index in [1.807, 2.05) is 0 Å². The first-order chi connectivity index (χ1) is 8.43. The Bertz CT molecular complexity index is 411. The smallest absolute Gasteiger partial charge is 0.0376 e. The molecule has 0 amide bonds. The number of benzene rings is 1. The van der Waals surface area contributed by atoms with E-state index in [9.17, 15) is 0 Å². The van der Waals surface area contributed by atoms with E-state index >= 15 is 0 Å². The summed E-state index contributed by atoms with van der Waals surface area (Å²) in [7, 11) is 0. The average Bonchev–Trinajstić information content (AvgIpc) is 2.81. The zero-order valence-electron chi connectivity index (χ0n) is 10.2. The van der Waals surface area contributed by atoms with Crippen LogP contribution in [0.4, 0.5) is 5.69 Å². The lowest BCUT2D eigenvalue weighted by Gasteiger charge is -2.24. The van der Waals surface area contributed by atoms with E-state index in [4.69, 9.17) is 0 Å². The molecule has 0 saturated heterocycles.